The second-order valence-corrected chi connectivity index (χ2v) is 1.55. The molecular formula is C4H14N4. The van der Waals surface area contributed by atoms with Crippen LogP contribution in [-0.4, -0.2) is 13.6 Å². The lowest BCUT2D eigenvalue weighted by Crippen LogP contribution is -3.18. The summed E-state index contributed by atoms with van der Waals surface area (Å²) in [6.45, 7) is 2.94. The van der Waals surface area contributed by atoms with Crippen LogP contribution in [0.5, 0.6) is 0 Å². The van der Waals surface area contributed by atoms with E-state index in [1.54, 1.807) is 7.05 Å². The van der Waals surface area contributed by atoms with E-state index in [2.05, 4.69) is 17.8 Å². The Bertz CT molecular complexity index is 47.3. The molecule has 0 rings (SSSR count). The molecule has 0 aliphatic carbocycles. The van der Waals surface area contributed by atoms with Gasteiger partial charge in [-0.15, -0.1) is 0 Å². The van der Waals surface area contributed by atoms with Crippen LogP contribution in [0.25, 0.3) is 5.84 Å². The monoisotopic (exact) mass is 118 g/mol. The van der Waals surface area contributed by atoms with E-state index in [9.17, 15) is 0 Å². The normalized spacial score (nSPS) is 13.9. The molecule has 0 radical (unpaired) electrons. The van der Waals surface area contributed by atoms with Gasteiger partial charge in [0.15, 0.2) is 0 Å². The maximum atomic E-state index is 7.02. The fourth-order valence-electron chi connectivity index (χ4n) is 0.338. The van der Waals surface area contributed by atoms with E-state index in [0.717, 1.165) is 13.0 Å². The Morgan fingerprint density at radius 1 is 1.62 bits per heavy atom. The van der Waals surface area contributed by atoms with E-state index < -0.39 is 0 Å². The molecule has 0 aliphatic heterocycles. The van der Waals surface area contributed by atoms with Crippen LogP contribution in [0, 0.1) is 0 Å². The third-order valence-electron chi connectivity index (χ3n) is 0.802. The van der Waals surface area contributed by atoms with Gasteiger partial charge in [-0.3, -0.25) is 5.23 Å². The summed E-state index contributed by atoms with van der Waals surface area (Å²) in [7, 11) is 1.73. The lowest BCUT2D eigenvalue weighted by Gasteiger charge is -2.18. The predicted octanol–water partition coefficient (Wildman–Crippen LogP) is -1.11. The van der Waals surface area contributed by atoms with Crippen molar-refractivity contribution in [2.24, 2.45) is 0 Å². The van der Waals surface area contributed by atoms with Gasteiger partial charge in [-0.1, -0.05) is 6.92 Å². The van der Waals surface area contributed by atoms with Gasteiger partial charge in [0.25, 0.3) is 0 Å². The molecular weight excluding hydrogens is 104 g/mol. The van der Waals surface area contributed by atoms with Crippen LogP contribution < -0.4 is 16.1 Å². The summed E-state index contributed by atoms with van der Waals surface area (Å²) in [4.78, 5) is 0. The second-order valence-electron chi connectivity index (χ2n) is 1.55. The molecule has 0 heterocycles. The molecule has 4 N–H and O–H groups in total. The molecule has 0 spiro atoms. The first-order valence-corrected chi connectivity index (χ1v) is 2.81. The molecule has 0 aliphatic rings. The van der Waals surface area contributed by atoms with Gasteiger partial charge in [-0.2, -0.15) is 10.9 Å². The molecule has 0 amide bonds. The molecule has 0 bridgehead atoms. The standard InChI is InChI=1S/C4H14N4/c1-3-4-7-8(5)6-2/h5-8H,3-4H2,1-2H3. The van der Waals surface area contributed by atoms with Crippen molar-refractivity contribution in [2.45, 2.75) is 13.3 Å². The van der Waals surface area contributed by atoms with Crippen LogP contribution in [0.4, 0.5) is 0 Å². The molecule has 0 aromatic heterocycles. The van der Waals surface area contributed by atoms with Gasteiger partial charge in [0, 0.05) is 13.6 Å². The van der Waals surface area contributed by atoms with Crippen molar-refractivity contribution in [2.75, 3.05) is 13.6 Å². The van der Waals surface area contributed by atoms with Gasteiger partial charge in [0.2, 0.25) is 0 Å². The summed E-state index contributed by atoms with van der Waals surface area (Å²) < 4.78 is 0. The Labute approximate surface area is 49.9 Å². The maximum absolute atomic E-state index is 7.02. The van der Waals surface area contributed by atoms with Gasteiger partial charge in [0.05, 0.1) is 0 Å². The molecule has 1 unspecified atom stereocenters. The highest BCUT2D eigenvalue weighted by Gasteiger charge is 1.84. The highest BCUT2D eigenvalue weighted by molar-refractivity contribution is 4.24. The van der Waals surface area contributed by atoms with Crippen LogP contribution in [0.2, 0.25) is 0 Å². The summed E-state index contributed by atoms with van der Waals surface area (Å²) in [5, 5.41) is 0.395. The van der Waals surface area contributed by atoms with Crippen LogP contribution in [0.15, 0.2) is 0 Å². The van der Waals surface area contributed by atoms with Crippen LogP contribution in [0.1, 0.15) is 13.3 Å². The van der Waals surface area contributed by atoms with E-state index in [1.807, 2.05) is 0 Å². The average Bonchev–Trinajstić information content (AvgIpc) is 1.83. The Balaban J connectivity index is 2.86. The van der Waals surface area contributed by atoms with Crippen LogP contribution in [0.3, 0.4) is 0 Å². The Kier molecular flexibility index (Phi) is 4.89. The minimum absolute atomic E-state index is 0.395. The Hall–Kier alpha value is -0.160. The molecule has 4 nitrogen and oxygen atoms in total. The molecule has 0 saturated carbocycles. The summed E-state index contributed by atoms with van der Waals surface area (Å²) >= 11 is 0. The average molecular weight is 118 g/mol. The van der Waals surface area contributed by atoms with E-state index in [0.29, 0.717) is 5.23 Å². The van der Waals surface area contributed by atoms with Crippen molar-refractivity contribution >= 4 is 0 Å². The predicted molar refractivity (Wildman–Crippen MR) is 32.6 cm³/mol. The number of hydrogen-bond donors (Lipinski definition) is 3. The lowest BCUT2D eigenvalue weighted by molar-refractivity contribution is -0.939. The molecule has 4 heteroatoms. The van der Waals surface area contributed by atoms with Gasteiger partial charge >= 0.3 is 0 Å². The molecule has 0 fully saturated rings. The quantitative estimate of drug-likeness (QED) is 0.410. The van der Waals surface area contributed by atoms with Gasteiger partial charge < -0.3 is 5.84 Å². The summed E-state index contributed by atoms with van der Waals surface area (Å²) in [6, 6.07) is 0. The second kappa shape index (κ2) is 4.99. The SMILES string of the molecule is CCCN[NH+]([NH-])NC. The van der Waals surface area contributed by atoms with Crippen molar-refractivity contribution < 1.29 is 5.23 Å². The van der Waals surface area contributed by atoms with E-state index >= 15 is 0 Å². The van der Waals surface area contributed by atoms with Gasteiger partial charge in [-0.25, -0.2) is 0 Å². The van der Waals surface area contributed by atoms with Crippen LogP contribution >= 0.6 is 0 Å². The number of nitrogens with one attached hydrogen (secondary N) is 4. The highest BCUT2D eigenvalue weighted by atomic mass is 15.8. The smallest absolute Gasteiger partial charge is 0.0455 e. The first kappa shape index (κ1) is 7.84. The zero-order chi connectivity index (χ0) is 6.41. The van der Waals surface area contributed by atoms with Crippen molar-refractivity contribution in [3.8, 4) is 0 Å². The number of rotatable bonds is 4. The van der Waals surface area contributed by atoms with Crippen molar-refractivity contribution in [3.05, 3.63) is 5.84 Å². The Morgan fingerprint density at radius 2 is 2.25 bits per heavy atom. The molecule has 1 atom stereocenters. The van der Waals surface area contributed by atoms with Gasteiger partial charge in [0.1, 0.15) is 0 Å². The summed E-state index contributed by atoms with van der Waals surface area (Å²) in [6.07, 6.45) is 1.06. The molecule has 0 saturated heterocycles. The first-order chi connectivity index (χ1) is 3.81. The third kappa shape index (κ3) is 4.01. The molecule has 0 aromatic carbocycles. The van der Waals surface area contributed by atoms with Crippen molar-refractivity contribution in [1.29, 1.82) is 0 Å². The lowest BCUT2D eigenvalue weighted by atomic mass is 10.5. The maximum Gasteiger partial charge on any atom is 0.0455 e. The number of quaternary nitrogens is 1. The fraction of sp³-hybridized carbons (Fsp3) is 1.00. The van der Waals surface area contributed by atoms with Gasteiger partial charge in [-0.05, 0) is 6.42 Å². The van der Waals surface area contributed by atoms with E-state index in [-0.39, 0.29) is 0 Å². The molecule has 8 heavy (non-hydrogen) atoms. The molecule has 0 aromatic rings. The number of hydrogen-bond acceptors (Lipinski definition) is 2. The molecule has 50 valence electrons. The largest absolute Gasteiger partial charge is 0.427 e. The Morgan fingerprint density at radius 3 is 2.62 bits per heavy atom. The third-order valence-corrected chi connectivity index (χ3v) is 0.802. The van der Waals surface area contributed by atoms with E-state index in [1.165, 1.54) is 0 Å². The minimum Gasteiger partial charge on any atom is -0.427 e. The fourth-order valence-corrected chi connectivity index (χ4v) is 0.338. The van der Waals surface area contributed by atoms with E-state index in [4.69, 9.17) is 5.84 Å². The van der Waals surface area contributed by atoms with Crippen molar-refractivity contribution in [3.63, 3.8) is 0 Å². The summed E-state index contributed by atoms with van der Waals surface area (Å²) in [5.74, 6) is 7.02. The zero-order valence-electron chi connectivity index (χ0n) is 5.41. The van der Waals surface area contributed by atoms with Crippen LogP contribution in [-0.2, 0) is 0 Å². The van der Waals surface area contributed by atoms with Crippen molar-refractivity contribution in [1.82, 2.24) is 10.9 Å². The highest BCUT2D eigenvalue weighted by Crippen LogP contribution is 1.61. The zero-order valence-corrected chi connectivity index (χ0v) is 5.41. The topological polar surface area (TPSA) is 52.3 Å². The summed E-state index contributed by atoms with van der Waals surface area (Å²) in [5.41, 5.74) is 5.53. The first-order valence-electron chi connectivity index (χ1n) is 2.81. The minimum atomic E-state index is 0.395.